The highest BCUT2D eigenvalue weighted by molar-refractivity contribution is 6.32. The molecule has 0 saturated carbocycles. The molecule has 0 radical (unpaired) electrons. The van der Waals surface area contributed by atoms with Crippen LogP contribution in [-0.4, -0.2) is 35.0 Å². The number of nitrogens with zero attached hydrogens (tertiary/aromatic N) is 4. The summed E-state index contributed by atoms with van der Waals surface area (Å²) in [5, 5.41) is 6.81. The van der Waals surface area contributed by atoms with Crippen LogP contribution in [0.5, 0.6) is 0 Å². The standard InChI is InChI=1S/C23H23N5/c1-15-11-21-25-14-19-12-20(17-5-3-2-4-6-17)22(26-23(19)28(21)27-15)18-9-7-16(13-24)8-10-18/h2-10,12,14,19,21,23H,11,13,24H2,1H3. The average molecular weight is 369 g/mol. The Labute approximate surface area is 165 Å². The number of dihydropyridines is 1. The topological polar surface area (TPSA) is 66.3 Å². The Balaban J connectivity index is 1.62. The smallest absolute Gasteiger partial charge is 0.151 e. The van der Waals surface area contributed by atoms with E-state index < -0.39 is 0 Å². The molecule has 3 unspecified atom stereocenters. The maximum absolute atomic E-state index is 5.78. The second-order valence-electron chi connectivity index (χ2n) is 7.51. The van der Waals surface area contributed by atoms with Gasteiger partial charge in [0.05, 0.1) is 11.6 Å². The van der Waals surface area contributed by atoms with E-state index >= 15 is 0 Å². The molecule has 0 fully saturated rings. The predicted octanol–water partition coefficient (Wildman–Crippen LogP) is 3.47. The molecular weight excluding hydrogens is 346 g/mol. The molecule has 3 atom stereocenters. The quantitative estimate of drug-likeness (QED) is 0.900. The predicted molar refractivity (Wildman–Crippen MR) is 114 cm³/mol. The lowest BCUT2D eigenvalue weighted by atomic mass is 9.88. The molecule has 140 valence electrons. The summed E-state index contributed by atoms with van der Waals surface area (Å²) in [4.78, 5) is 9.94. The third-order valence-corrected chi connectivity index (χ3v) is 5.54. The molecular formula is C23H23N5. The van der Waals surface area contributed by atoms with Crippen molar-refractivity contribution in [2.75, 3.05) is 0 Å². The number of nitrogens with two attached hydrogens (primary N) is 1. The molecule has 5 nitrogen and oxygen atoms in total. The molecule has 2 N–H and O–H groups in total. The maximum Gasteiger partial charge on any atom is 0.151 e. The van der Waals surface area contributed by atoms with Gasteiger partial charge in [0, 0.05) is 36.0 Å². The third-order valence-electron chi connectivity index (χ3n) is 5.54. The van der Waals surface area contributed by atoms with Gasteiger partial charge in [-0.25, -0.2) is 5.01 Å². The Morgan fingerprint density at radius 3 is 2.57 bits per heavy atom. The van der Waals surface area contributed by atoms with Gasteiger partial charge in [0.25, 0.3) is 0 Å². The molecule has 2 aromatic rings. The Morgan fingerprint density at radius 1 is 1.04 bits per heavy atom. The third kappa shape index (κ3) is 2.88. The molecule has 0 aliphatic carbocycles. The van der Waals surface area contributed by atoms with Crippen LogP contribution in [0.15, 0.2) is 75.8 Å². The molecule has 28 heavy (non-hydrogen) atoms. The zero-order chi connectivity index (χ0) is 19.1. The molecule has 3 heterocycles. The highest BCUT2D eigenvalue weighted by atomic mass is 15.6. The van der Waals surface area contributed by atoms with Crippen LogP contribution in [0.3, 0.4) is 0 Å². The Bertz CT molecular complexity index is 1000. The molecule has 0 bridgehead atoms. The van der Waals surface area contributed by atoms with Crippen LogP contribution in [0.4, 0.5) is 0 Å². The molecule has 0 aromatic heterocycles. The van der Waals surface area contributed by atoms with Crippen molar-refractivity contribution in [1.82, 2.24) is 5.01 Å². The van der Waals surface area contributed by atoms with Gasteiger partial charge in [-0.2, -0.15) is 5.10 Å². The summed E-state index contributed by atoms with van der Waals surface area (Å²) < 4.78 is 0. The lowest BCUT2D eigenvalue weighted by Gasteiger charge is -2.37. The normalized spacial score (nSPS) is 25.6. The Hall–Kier alpha value is -3.05. The van der Waals surface area contributed by atoms with E-state index in [0.29, 0.717) is 6.54 Å². The highest BCUT2D eigenvalue weighted by Gasteiger charge is 2.39. The van der Waals surface area contributed by atoms with Crippen LogP contribution in [0.2, 0.25) is 0 Å². The minimum atomic E-state index is -0.0448. The number of hydrogen-bond donors (Lipinski definition) is 1. The zero-order valence-electron chi connectivity index (χ0n) is 15.9. The van der Waals surface area contributed by atoms with Crippen molar-refractivity contribution in [3.8, 4) is 0 Å². The van der Waals surface area contributed by atoms with Gasteiger partial charge in [0.15, 0.2) is 6.17 Å². The van der Waals surface area contributed by atoms with Crippen molar-refractivity contribution < 1.29 is 0 Å². The summed E-state index contributed by atoms with van der Waals surface area (Å²) in [6.07, 6.45) is 5.27. The highest BCUT2D eigenvalue weighted by Crippen LogP contribution is 2.35. The fourth-order valence-corrected chi connectivity index (χ4v) is 4.10. The second kappa shape index (κ2) is 6.84. The molecule has 0 saturated heterocycles. The summed E-state index contributed by atoms with van der Waals surface area (Å²) in [6.45, 7) is 2.60. The van der Waals surface area contributed by atoms with Gasteiger partial charge in [0.2, 0.25) is 0 Å². The molecule has 0 spiro atoms. The maximum atomic E-state index is 5.78. The van der Waals surface area contributed by atoms with Crippen molar-refractivity contribution in [3.63, 3.8) is 0 Å². The van der Waals surface area contributed by atoms with E-state index in [1.54, 1.807) is 0 Å². The van der Waals surface area contributed by atoms with Crippen molar-refractivity contribution >= 4 is 23.2 Å². The van der Waals surface area contributed by atoms with E-state index in [9.17, 15) is 0 Å². The van der Waals surface area contributed by atoms with E-state index in [-0.39, 0.29) is 18.2 Å². The first-order valence-corrected chi connectivity index (χ1v) is 9.73. The first-order chi connectivity index (χ1) is 13.7. The van der Waals surface area contributed by atoms with Gasteiger partial charge in [0.1, 0.15) is 6.17 Å². The molecule has 5 heteroatoms. The summed E-state index contributed by atoms with van der Waals surface area (Å²) >= 11 is 0. The minimum Gasteiger partial charge on any atom is -0.326 e. The number of hydrazone groups is 1. The van der Waals surface area contributed by atoms with Crippen LogP contribution in [0.1, 0.15) is 30.0 Å². The van der Waals surface area contributed by atoms with Crippen molar-refractivity contribution in [2.24, 2.45) is 26.7 Å². The van der Waals surface area contributed by atoms with E-state index in [0.717, 1.165) is 34.5 Å². The lowest BCUT2D eigenvalue weighted by molar-refractivity contribution is 0.143. The average Bonchev–Trinajstić information content (AvgIpc) is 3.14. The summed E-state index contributed by atoms with van der Waals surface area (Å²) in [5.74, 6) is 0.119. The largest absolute Gasteiger partial charge is 0.326 e. The zero-order valence-corrected chi connectivity index (χ0v) is 15.9. The fraction of sp³-hybridized carbons (Fsp3) is 0.261. The van der Waals surface area contributed by atoms with Crippen LogP contribution in [0, 0.1) is 5.92 Å². The minimum absolute atomic E-state index is 0.0448. The summed E-state index contributed by atoms with van der Waals surface area (Å²) in [7, 11) is 0. The van der Waals surface area contributed by atoms with Crippen LogP contribution in [0.25, 0.3) is 5.57 Å². The number of hydrogen-bond acceptors (Lipinski definition) is 5. The molecule has 3 aliphatic rings. The van der Waals surface area contributed by atoms with Crippen LogP contribution in [-0.2, 0) is 6.54 Å². The SMILES string of the molecule is CC1=NN2C(C1)N=CC1C=C(c3ccccc3)C(c3ccc(CN)cc3)=NC12. The van der Waals surface area contributed by atoms with Crippen LogP contribution < -0.4 is 5.73 Å². The van der Waals surface area contributed by atoms with E-state index in [1.807, 2.05) is 6.07 Å². The van der Waals surface area contributed by atoms with Crippen molar-refractivity contribution in [1.29, 1.82) is 0 Å². The molecule has 0 amide bonds. The number of fused-ring (bicyclic) bond motifs is 3. The van der Waals surface area contributed by atoms with Gasteiger partial charge in [-0.05, 0) is 18.1 Å². The van der Waals surface area contributed by atoms with Crippen molar-refractivity contribution in [3.05, 3.63) is 77.4 Å². The molecule has 5 rings (SSSR count). The number of allylic oxidation sites excluding steroid dienone is 1. The molecule has 2 aromatic carbocycles. The monoisotopic (exact) mass is 369 g/mol. The number of benzene rings is 2. The summed E-state index contributed by atoms with van der Waals surface area (Å²) in [6, 6.07) is 18.8. The number of aliphatic imine (C=N–C) groups is 2. The van der Waals surface area contributed by atoms with Gasteiger partial charge < -0.3 is 5.73 Å². The van der Waals surface area contributed by atoms with Gasteiger partial charge in [-0.15, -0.1) is 0 Å². The second-order valence-corrected chi connectivity index (χ2v) is 7.51. The number of rotatable bonds is 3. The first-order valence-electron chi connectivity index (χ1n) is 9.73. The first kappa shape index (κ1) is 17.1. The Morgan fingerprint density at radius 2 is 1.82 bits per heavy atom. The van der Waals surface area contributed by atoms with Crippen LogP contribution >= 0.6 is 0 Å². The van der Waals surface area contributed by atoms with Gasteiger partial charge >= 0.3 is 0 Å². The van der Waals surface area contributed by atoms with E-state index in [2.05, 4.69) is 72.8 Å². The summed E-state index contributed by atoms with van der Waals surface area (Å²) in [5.41, 5.74) is 12.4. The van der Waals surface area contributed by atoms with E-state index in [4.69, 9.17) is 20.8 Å². The Kier molecular flexibility index (Phi) is 4.17. The van der Waals surface area contributed by atoms with Gasteiger partial charge in [-0.1, -0.05) is 60.7 Å². The lowest BCUT2D eigenvalue weighted by Crippen LogP contribution is -2.45. The fourth-order valence-electron chi connectivity index (χ4n) is 4.10. The molecule has 3 aliphatic heterocycles. The van der Waals surface area contributed by atoms with Gasteiger partial charge in [-0.3, -0.25) is 9.98 Å². The van der Waals surface area contributed by atoms with Crippen molar-refractivity contribution in [2.45, 2.75) is 32.2 Å². The van der Waals surface area contributed by atoms with E-state index in [1.165, 1.54) is 5.56 Å².